The van der Waals surface area contributed by atoms with Crippen LogP contribution in [0, 0.1) is 6.92 Å². The third-order valence-corrected chi connectivity index (χ3v) is 4.82. The molecule has 0 aliphatic rings. The smallest absolute Gasteiger partial charge is 0.248 e. The third kappa shape index (κ3) is 6.16. The summed E-state index contributed by atoms with van der Waals surface area (Å²) in [4.78, 5) is 23.2. The largest absolute Gasteiger partial charge is 0.493 e. The van der Waals surface area contributed by atoms with E-state index in [1.807, 2.05) is 44.1 Å². The first kappa shape index (κ1) is 24.4. The maximum atomic E-state index is 12.4. The molecule has 9 nitrogen and oxygen atoms in total. The first-order valence-electron chi connectivity index (χ1n) is 10.5. The monoisotopic (exact) mass is 463 g/mol. The van der Waals surface area contributed by atoms with Gasteiger partial charge in [0.2, 0.25) is 17.6 Å². The molecule has 3 aromatic rings. The van der Waals surface area contributed by atoms with Gasteiger partial charge in [-0.05, 0) is 55.0 Å². The minimum Gasteiger partial charge on any atom is -0.493 e. The molecule has 3 rings (SSSR count). The zero-order valence-electron chi connectivity index (χ0n) is 20.2. The van der Waals surface area contributed by atoms with Crippen molar-refractivity contribution in [1.29, 1.82) is 0 Å². The number of nitrogens with one attached hydrogen (secondary N) is 2. The van der Waals surface area contributed by atoms with Gasteiger partial charge in [0.05, 0.1) is 21.3 Å². The molecule has 9 heteroatoms. The third-order valence-electron chi connectivity index (χ3n) is 4.82. The van der Waals surface area contributed by atoms with Gasteiger partial charge < -0.3 is 29.7 Å². The molecule has 1 amide bonds. The van der Waals surface area contributed by atoms with Gasteiger partial charge in [0.1, 0.15) is 5.82 Å². The minimum atomic E-state index is -0.271. The quantitative estimate of drug-likeness (QED) is 0.454. The molecule has 0 aliphatic heterocycles. The number of aromatic nitrogens is 2. The number of anilines is 4. The van der Waals surface area contributed by atoms with Crippen LogP contribution in [0.2, 0.25) is 0 Å². The van der Waals surface area contributed by atoms with E-state index in [2.05, 4.69) is 20.6 Å². The van der Waals surface area contributed by atoms with Gasteiger partial charge in [-0.3, -0.25) is 4.79 Å². The molecule has 0 saturated carbocycles. The zero-order chi connectivity index (χ0) is 24.7. The van der Waals surface area contributed by atoms with Crippen LogP contribution in [0.4, 0.5) is 23.1 Å². The average Bonchev–Trinajstić information content (AvgIpc) is 2.82. The number of hydrogen-bond acceptors (Lipinski definition) is 8. The number of aryl methyl sites for hydroxylation is 1. The number of ether oxygens (including phenoxy) is 3. The van der Waals surface area contributed by atoms with Gasteiger partial charge in [-0.15, -0.1) is 0 Å². The second kappa shape index (κ2) is 11.0. The molecule has 34 heavy (non-hydrogen) atoms. The van der Waals surface area contributed by atoms with Gasteiger partial charge in [-0.2, -0.15) is 4.98 Å². The topological polar surface area (TPSA) is 97.8 Å². The number of hydrogen-bond donors (Lipinski definition) is 2. The van der Waals surface area contributed by atoms with Crippen molar-refractivity contribution < 1.29 is 19.0 Å². The molecule has 2 N–H and O–H groups in total. The molecule has 1 heterocycles. The first-order chi connectivity index (χ1) is 16.3. The number of amides is 1. The van der Waals surface area contributed by atoms with Crippen molar-refractivity contribution >= 4 is 35.1 Å². The van der Waals surface area contributed by atoms with Crippen LogP contribution in [0.3, 0.4) is 0 Å². The second-order valence-electron chi connectivity index (χ2n) is 7.57. The van der Waals surface area contributed by atoms with Crippen molar-refractivity contribution in [1.82, 2.24) is 9.97 Å². The van der Waals surface area contributed by atoms with Crippen LogP contribution in [0.5, 0.6) is 17.2 Å². The highest BCUT2D eigenvalue weighted by molar-refractivity contribution is 6.02. The number of carbonyl (C=O) groups is 1. The van der Waals surface area contributed by atoms with Gasteiger partial charge in [0, 0.05) is 43.3 Å². The molecule has 2 aromatic carbocycles. The van der Waals surface area contributed by atoms with Gasteiger partial charge in [0.25, 0.3) is 0 Å². The van der Waals surface area contributed by atoms with Crippen LogP contribution < -0.4 is 29.7 Å². The van der Waals surface area contributed by atoms with E-state index in [0.717, 1.165) is 22.8 Å². The van der Waals surface area contributed by atoms with E-state index in [1.165, 1.54) is 6.08 Å². The predicted molar refractivity (Wildman–Crippen MR) is 135 cm³/mol. The molecule has 0 unspecified atom stereocenters. The molecular weight excluding hydrogens is 434 g/mol. The molecule has 0 radical (unpaired) electrons. The molecule has 178 valence electrons. The summed E-state index contributed by atoms with van der Waals surface area (Å²) >= 11 is 0. The molecule has 0 aliphatic carbocycles. The van der Waals surface area contributed by atoms with Crippen LogP contribution in [-0.2, 0) is 4.79 Å². The summed E-state index contributed by atoms with van der Waals surface area (Å²) in [7, 11) is 8.49. The van der Waals surface area contributed by atoms with Crippen LogP contribution >= 0.6 is 0 Å². The fourth-order valence-corrected chi connectivity index (χ4v) is 3.16. The van der Waals surface area contributed by atoms with E-state index in [1.54, 1.807) is 51.7 Å². The Kier molecular flexibility index (Phi) is 7.92. The highest BCUT2D eigenvalue weighted by Crippen LogP contribution is 2.38. The van der Waals surface area contributed by atoms with Gasteiger partial charge in [0.15, 0.2) is 11.5 Å². The predicted octanol–water partition coefficient (Wildman–Crippen LogP) is 4.27. The van der Waals surface area contributed by atoms with Crippen LogP contribution in [0.1, 0.15) is 11.3 Å². The van der Waals surface area contributed by atoms with Gasteiger partial charge >= 0.3 is 0 Å². The normalized spacial score (nSPS) is 10.6. The van der Waals surface area contributed by atoms with Crippen LogP contribution in [-0.4, -0.2) is 51.3 Å². The molecular formula is C25H29N5O4. The summed E-state index contributed by atoms with van der Waals surface area (Å²) in [6, 6.07) is 12.7. The van der Waals surface area contributed by atoms with Crippen molar-refractivity contribution in [3.8, 4) is 17.2 Å². The van der Waals surface area contributed by atoms with Crippen molar-refractivity contribution in [2.45, 2.75) is 6.92 Å². The number of nitrogens with zero attached hydrogens (tertiary/aromatic N) is 3. The van der Waals surface area contributed by atoms with Crippen molar-refractivity contribution in [3.05, 3.63) is 59.8 Å². The van der Waals surface area contributed by atoms with Crippen LogP contribution in [0.25, 0.3) is 6.08 Å². The summed E-state index contributed by atoms with van der Waals surface area (Å²) in [5, 5.41) is 6.03. The first-order valence-corrected chi connectivity index (χ1v) is 10.5. The SMILES string of the molecule is COc1cc(/C=C/C(=O)Nc2ccc(Nc3nc(C)cc(N(C)C)n3)cc2)cc(OC)c1OC. The van der Waals surface area contributed by atoms with E-state index >= 15 is 0 Å². The highest BCUT2D eigenvalue weighted by atomic mass is 16.5. The fourth-order valence-electron chi connectivity index (χ4n) is 3.16. The van der Waals surface area contributed by atoms with E-state index in [9.17, 15) is 4.79 Å². The number of carbonyl (C=O) groups excluding carboxylic acids is 1. The number of rotatable bonds is 9. The number of methoxy groups -OCH3 is 3. The second-order valence-corrected chi connectivity index (χ2v) is 7.57. The van der Waals surface area contributed by atoms with Crippen molar-refractivity contribution in [2.75, 3.05) is 51.0 Å². The lowest BCUT2D eigenvalue weighted by Crippen LogP contribution is -2.12. The van der Waals surface area contributed by atoms with Crippen molar-refractivity contribution in [3.63, 3.8) is 0 Å². The van der Waals surface area contributed by atoms with E-state index in [-0.39, 0.29) is 5.91 Å². The van der Waals surface area contributed by atoms with E-state index in [0.29, 0.717) is 28.9 Å². The summed E-state index contributed by atoms with van der Waals surface area (Å²) in [5.41, 5.74) is 3.06. The Morgan fingerprint density at radius 2 is 1.53 bits per heavy atom. The lowest BCUT2D eigenvalue weighted by atomic mass is 10.1. The van der Waals surface area contributed by atoms with E-state index < -0.39 is 0 Å². The Morgan fingerprint density at radius 3 is 2.09 bits per heavy atom. The standard InChI is InChI=1S/C25H29N5O4/c1-16-13-22(30(2)3)29-25(26-16)28-19-10-8-18(9-11-19)27-23(31)12-7-17-14-20(32-4)24(34-6)21(15-17)33-5/h7-15H,1-6H3,(H,27,31)(H,26,28,29)/b12-7+. The van der Waals surface area contributed by atoms with Crippen molar-refractivity contribution in [2.24, 2.45) is 0 Å². The Bertz CT molecular complexity index is 1150. The molecule has 0 fully saturated rings. The molecule has 0 atom stereocenters. The molecule has 0 saturated heterocycles. The Morgan fingerprint density at radius 1 is 0.912 bits per heavy atom. The van der Waals surface area contributed by atoms with Gasteiger partial charge in [-0.1, -0.05) is 0 Å². The maximum Gasteiger partial charge on any atom is 0.248 e. The minimum absolute atomic E-state index is 0.271. The Balaban J connectivity index is 1.66. The van der Waals surface area contributed by atoms with E-state index in [4.69, 9.17) is 14.2 Å². The zero-order valence-corrected chi connectivity index (χ0v) is 20.2. The van der Waals surface area contributed by atoms with Gasteiger partial charge in [-0.25, -0.2) is 4.98 Å². The lowest BCUT2D eigenvalue weighted by Gasteiger charge is -2.14. The average molecular weight is 464 g/mol. The highest BCUT2D eigenvalue weighted by Gasteiger charge is 2.12. The maximum absolute atomic E-state index is 12.4. The fraction of sp³-hybridized carbons (Fsp3) is 0.240. The Labute approximate surface area is 199 Å². The summed E-state index contributed by atoms with van der Waals surface area (Å²) in [5.74, 6) is 2.58. The number of benzene rings is 2. The summed E-state index contributed by atoms with van der Waals surface area (Å²) in [6.45, 7) is 1.92. The molecule has 1 aromatic heterocycles. The summed E-state index contributed by atoms with van der Waals surface area (Å²) < 4.78 is 16.0. The summed E-state index contributed by atoms with van der Waals surface area (Å²) in [6.07, 6.45) is 3.11. The lowest BCUT2D eigenvalue weighted by molar-refractivity contribution is -0.111. The van der Waals surface area contributed by atoms with Crippen LogP contribution in [0.15, 0.2) is 48.5 Å². The Hall–Kier alpha value is -4.27. The molecule has 0 bridgehead atoms. The molecule has 0 spiro atoms.